The van der Waals surface area contributed by atoms with E-state index in [1.54, 1.807) is 10.9 Å². The number of carbonyl (C=O) groups excluding carboxylic acids is 1. The molecule has 2 heterocycles. The van der Waals surface area contributed by atoms with E-state index in [1.807, 2.05) is 0 Å². The van der Waals surface area contributed by atoms with Gasteiger partial charge >= 0.3 is 5.97 Å². The van der Waals surface area contributed by atoms with Gasteiger partial charge in [0.05, 0.1) is 18.3 Å². The fourth-order valence-corrected chi connectivity index (χ4v) is 1.29. The Bertz CT molecular complexity index is 546. The fraction of sp³-hybridized carbons (Fsp3) is 0.200. The fourth-order valence-electron chi connectivity index (χ4n) is 1.29. The predicted octanol–water partition coefficient (Wildman–Crippen LogP) is -0.000700. The molecule has 2 rings (SSSR count). The van der Waals surface area contributed by atoms with Crippen molar-refractivity contribution in [3.05, 3.63) is 36.0 Å². The topological polar surface area (TPSA) is 110 Å². The molecule has 1 amide bonds. The van der Waals surface area contributed by atoms with Gasteiger partial charge in [0.15, 0.2) is 5.76 Å². The average Bonchev–Trinajstić information content (AvgIpc) is 2.99. The Morgan fingerprint density at radius 3 is 2.94 bits per heavy atom. The van der Waals surface area contributed by atoms with Gasteiger partial charge < -0.3 is 14.8 Å². The van der Waals surface area contributed by atoms with Gasteiger partial charge in [0, 0.05) is 18.8 Å². The number of rotatable bonds is 5. The first kappa shape index (κ1) is 11.8. The summed E-state index contributed by atoms with van der Waals surface area (Å²) in [4.78, 5) is 22.2. The Labute approximate surface area is 101 Å². The van der Waals surface area contributed by atoms with Crippen LogP contribution >= 0.6 is 0 Å². The summed E-state index contributed by atoms with van der Waals surface area (Å²) >= 11 is 0. The minimum atomic E-state index is -1.14. The zero-order valence-corrected chi connectivity index (χ0v) is 9.24. The van der Waals surface area contributed by atoms with Gasteiger partial charge in [-0.3, -0.25) is 9.48 Å². The number of carbonyl (C=O) groups is 2. The Morgan fingerprint density at radius 2 is 2.33 bits per heavy atom. The Hall–Kier alpha value is -2.64. The molecular weight excluding hydrogens is 240 g/mol. The summed E-state index contributed by atoms with van der Waals surface area (Å²) < 4.78 is 6.41. The van der Waals surface area contributed by atoms with Gasteiger partial charge in [0.2, 0.25) is 0 Å². The highest BCUT2D eigenvalue weighted by molar-refractivity contribution is 5.95. The number of hydrogen-bond acceptors (Lipinski definition) is 5. The third-order valence-corrected chi connectivity index (χ3v) is 2.17. The number of amides is 1. The molecule has 0 aromatic carbocycles. The van der Waals surface area contributed by atoms with Crippen molar-refractivity contribution in [3.8, 4) is 0 Å². The van der Waals surface area contributed by atoms with E-state index in [9.17, 15) is 9.59 Å². The lowest BCUT2D eigenvalue weighted by molar-refractivity contribution is 0.0696. The van der Waals surface area contributed by atoms with Crippen LogP contribution in [0.3, 0.4) is 0 Å². The molecule has 0 spiro atoms. The van der Waals surface area contributed by atoms with Crippen LogP contribution in [0.2, 0.25) is 0 Å². The van der Waals surface area contributed by atoms with Crippen molar-refractivity contribution < 1.29 is 19.1 Å². The van der Waals surface area contributed by atoms with Crippen LogP contribution in [0.15, 0.2) is 29.1 Å². The molecule has 0 aliphatic carbocycles. The van der Waals surface area contributed by atoms with Crippen molar-refractivity contribution in [1.29, 1.82) is 0 Å². The van der Waals surface area contributed by atoms with Crippen molar-refractivity contribution in [3.63, 3.8) is 0 Å². The highest BCUT2D eigenvalue weighted by Gasteiger charge is 2.13. The Balaban J connectivity index is 1.85. The molecule has 0 fully saturated rings. The molecule has 18 heavy (non-hydrogen) atoms. The van der Waals surface area contributed by atoms with Crippen LogP contribution in [-0.2, 0) is 6.54 Å². The van der Waals surface area contributed by atoms with E-state index in [0.29, 0.717) is 13.1 Å². The maximum absolute atomic E-state index is 11.6. The van der Waals surface area contributed by atoms with Crippen LogP contribution in [0.1, 0.15) is 20.9 Å². The van der Waals surface area contributed by atoms with Gasteiger partial charge in [-0.1, -0.05) is 5.21 Å². The van der Waals surface area contributed by atoms with Gasteiger partial charge in [0.25, 0.3) is 5.91 Å². The molecule has 0 saturated heterocycles. The van der Waals surface area contributed by atoms with Crippen LogP contribution in [0.4, 0.5) is 0 Å². The van der Waals surface area contributed by atoms with Crippen molar-refractivity contribution >= 4 is 11.9 Å². The van der Waals surface area contributed by atoms with E-state index in [0.717, 1.165) is 6.26 Å². The molecular formula is C10H10N4O4. The number of aromatic carboxylic acids is 1. The number of nitrogens with zero attached hydrogens (tertiary/aromatic N) is 3. The van der Waals surface area contributed by atoms with Crippen molar-refractivity contribution in [2.45, 2.75) is 6.54 Å². The van der Waals surface area contributed by atoms with E-state index in [-0.39, 0.29) is 11.3 Å². The number of carboxylic acid groups (broad SMARTS) is 1. The summed E-state index contributed by atoms with van der Waals surface area (Å²) in [5.41, 5.74) is -0.0589. The number of hydrogen-bond donors (Lipinski definition) is 2. The van der Waals surface area contributed by atoms with E-state index in [1.165, 1.54) is 12.3 Å². The molecule has 2 aromatic rings. The lowest BCUT2D eigenvalue weighted by Gasteiger charge is -2.02. The van der Waals surface area contributed by atoms with Crippen LogP contribution in [0, 0.1) is 0 Å². The second-order valence-electron chi connectivity index (χ2n) is 3.43. The van der Waals surface area contributed by atoms with E-state index in [2.05, 4.69) is 15.6 Å². The van der Waals surface area contributed by atoms with Crippen LogP contribution in [-0.4, -0.2) is 38.5 Å². The first-order valence-corrected chi connectivity index (χ1v) is 5.11. The summed E-state index contributed by atoms with van der Waals surface area (Å²) in [5.74, 6) is -1.64. The van der Waals surface area contributed by atoms with Crippen LogP contribution in [0.25, 0.3) is 0 Å². The molecule has 8 heteroatoms. The third kappa shape index (κ3) is 2.73. The lowest BCUT2D eigenvalue weighted by Crippen LogP contribution is -2.27. The minimum absolute atomic E-state index is 0.0361. The zero-order chi connectivity index (χ0) is 13.0. The molecule has 0 atom stereocenters. The van der Waals surface area contributed by atoms with Crippen molar-refractivity contribution in [2.24, 2.45) is 0 Å². The number of aromatic nitrogens is 3. The SMILES string of the molecule is O=C(O)c1coc(C(=O)NCCn2ccnn2)c1. The van der Waals surface area contributed by atoms with E-state index in [4.69, 9.17) is 9.52 Å². The van der Waals surface area contributed by atoms with Crippen LogP contribution < -0.4 is 5.32 Å². The minimum Gasteiger partial charge on any atom is -0.478 e. The summed E-state index contributed by atoms with van der Waals surface area (Å²) in [5, 5.41) is 18.6. The highest BCUT2D eigenvalue weighted by Crippen LogP contribution is 2.07. The summed E-state index contributed by atoms with van der Waals surface area (Å²) in [6, 6.07) is 1.17. The number of carboxylic acids is 1. The van der Waals surface area contributed by atoms with Gasteiger partial charge in [-0.25, -0.2) is 4.79 Å². The first-order chi connectivity index (χ1) is 8.66. The monoisotopic (exact) mass is 250 g/mol. The summed E-state index contributed by atoms with van der Waals surface area (Å²) in [6.45, 7) is 0.809. The third-order valence-electron chi connectivity index (χ3n) is 2.17. The van der Waals surface area contributed by atoms with Gasteiger partial charge in [0.1, 0.15) is 6.26 Å². The second-order valence-corrected chi connectivity index (χ2v) is 3.43. The summed E-state index contributed by atoms with van der Waals surface area (Å²) in [6.07, 6.45) is 4.23. The average molecular weight is 250 g/mol. The van der Waals surface area contributed by atoms with Crippen LogP contribution in [0.5, 0.6) is 0 Å². The molecule has 0 radical (unpaired) electrons. The predicted molar refractivity (Wildman–Crippen MR) is 58.0 cm³/mol. The smallest absolute Gasteiger partial charge is 0.338 e. The molecule has 0 unspecified atom stereocenters. The first-order valence-electron chi connectivity index (χ1n) is 5.11. The van der Waals surface area contributed by atoms with E-state index >= 15 is 0 Å². The molecule has 2 aromatic heterocycles. The van der Waals surface area contributed by atoms with Crippen molar-refractivity contribution in [2.75, 3.05) is 6.54 Å². The largest absolute Gasteiger partial charge is 0.478 e. The Morgan fingerprint density at radius 1 is 1.50 bits per heavy atom. The summed E-state index contributed by atoms with van der Waals surface area (Å²) in [7, 11) is 0. The standard InChI is InChI=1S/C10H10N4O4/c15-9(8-5-7(6-18-8)10(16)17)11-1-3-14-4-2-12-13-14/h2,4-6H,1,3H2,(H,11,15)(H,16,17). The maximum atomic E-state index is 11.6. The van der Waals surface area contributed by atoms with Gasteiger partial charge in [-0.15, -0.1) is 5.10 Å². The van der Waals surface area contributed by atoms with Crippen molar-refractivity contribution in [1.82, 2.24) is 20.3 Å². The van der Waals surface area contributed by atoms with Gasteiger partial charge in [-0.05, 0) is 0 Å². The molecule has 94 valence electrons. The zero-order valence-electron chi connectivity index (χ0n) is 9.24. The molecule has 0 bridgehead atoms. The molecule has 2 N–H and O–H groups in total. The number of nitrogens with one attached hydrogen (secondary N) is 1. The highest BCUT2D eigenvalue weighted by atomic mass is 16.4. The Kier molecular flexibility index (Phi) is 3.37. The lowest BCUT2D eigenvalue weighted by atomic mass is 10.3. The molecule has 0 saturated carbocycles. The molecule has 0 aliphatic rings. The normalized spacial score (nSPS) is 10.2. The number of furan rings is 1. The quantitative estimate of drug-likeness (QED) is 0.772. The molecule has 8 nitrogen and oxygen atoms in total. The molecule has 0 aliphatic heterocycles. The van der Waals surface area contributed by atoms with E-state index < -0.39 is 11.9 Å². The second kappa shape index (κ2) is 5.13. The van der Waals surface area contributed by atoms with Gasteiger partial charge in [-0.2, -0.15) is 0 Å². The maximum Gasteiger partial charge on any atom is 0.338 e.